The lowest BCUT2D eigenvalue weighted by Crippen LogP contribution is -2.35. The third-order valence-corrected chi connectivity index (χ3v) is 3.28. The number of esters is 1. The van der Waals surface area contributed by atoms with Gasteiger partial charge in [-0.1, -0.05) is 26.7 Å². The second-order valence-electron chi connectivity index (χ2n) is 4.94. The lowest BCUT2D eigenvalue weighted by atomic mass is 9.88. The van der Waals surface area contributed by atoms with E-state index < -0.39 is 5.41 Å². The molecule has 18 heavy (non-hydrogen) atoms. The van der Waals surface area contributed by atoms with E-state index in [9.17, 15) is 4.79 Å². The molecule has 5 nitrogen and oxygen atoms in total. The maximum atomic E-state index is 11.6. The van der Waals surface area contributed by atoms with Gasteiger partial charge in [0.15, 0.2) is 0 Å². The fourth-order valence-electron chi connectivity index (χ4n) is 1.53. The number of unbranched alkanes of at least 4 members (excludes halogenated alkanes) is 1. The molecule has 0 aromatic carbocycles. The summed E-state index contributed by atoms with van der Waals surface area (Å²) in [4.78, 5) is 11.6. The van der Waals surface area contributed by atoms with Crippen LogP contribution >= 0.6 is 0 Å². The first kappa shape index (κ1) is 17.4. The number of carbonyl (C=O) groups is 1. The molecule has 0 aromatic heterocycles. The van der Waals surface area contributed by atoms with Crippen molar-refractivity contribution in [2.75, 3.05) is 26.4 Å². The predicted octanol–water partition coefficient (Wildman–Crippen LogP) is 0.709. The van der Waals surface area contributed by atoms with Crippen LogP contribution in [-0.2, 0) is 9.53 Å². The third kappa shape index (κ3) is 5.80. The van der Waals surface area contributed by atoms with Gasteiger partial charge < -0.3 is 20.1 Å². The number of rotatable bonds is 10. The van der Waals surface area contributed by atoms with Gasteiger partial charge in [0.1, 0.15) is 0 Å². The van der Waals surface area contributed by atoms with Gasteiger partial charge in [-0.05, 0) is 12.8 Å². The Labute approximate surface area is 109 Å². The largest absolute Gasteiger partial charge is 0.465 e. The smallest absolute Gasteiger partial charge is 0.308 e. The second kappa shape index (κ2) is 9.30. The zero-order valence-electron chi connectivity index (χ0n) is 11.4. The quantitative estimate of drug-likeness (QED) is 0.505. The number of aliphatic hydroxyl groups is 3. The summed E-state index contributed by atoms with van der Waals surface area (Å²) >= 11 is 0. The Morgan fingerprint density at radius 1 is 1.22 bits per heavy atom. The summed E-state index contributed by atoms with van der Waals surface area (Å²) in [5.74, 6) is -0.386. The summed E-state index contributed by atoms with van der Waals surface area (Å²) < 4.78 is 5.09. The summed E-state index contributed by atoms with van der Waals surface area (Å²) in [5.41, 5.74) is -0.965. The number of aliphatic hydroxyl groups excluding tert-OH is 3. The molecule has 0 heterocycles. The van der Waals surface area contributed by atoms with Crippen LogP contribution < -0.4 is 0 Å². The van der Waals surface area contributed by atoms with Crippen LogP contribution in [0.25, 0.3) is 0 Å². The highest BCUT2D eigenvalue weighted by atomic mass is 16.5. The molecule has 0 fully saturated rings. The molecule has 0 aromatic rings. The van der Waals surface area contributed by atoms with E-state index in [0.29, 0.717) is 0 Å². The van der Waals surface area contributed by atoms with Crippen molar-refractivity contribution in [2.45, 2.75) is 39.5 Å². The Hall–Kier alpha value is -0.650. The van der Waals surface area contributed by atoms with Gasteiger partial charge in [-0.3, -0.25) is 4.79 Å². The van der Waals surface area contributed by atoms with Crippen molar-refractivity contribution in [3.63, 3.8) is 0 Å². The van der Waals surface area contributed by atoms with Crippen LogP contribution in [0.15, 0.2) is 0 Å². The molecule has 0 aliphatic carbocycles. The van der Waals surface area contributed by atoms with E-state index in [0.717, 1.165) is 19.3 Å². The SMILES string of the molecule is CCCCC(C)C(=O)OCCC(CO)(CO)CO. The molecular formula is C13H26O5. The van der Waals surface area contributed by atoms with E-state index in [1.807, 2.05) is 6.92 Å². The number of hydrogen-bond donors (Lipinski definition) is 3. The van der Waals surface area contributed by atoms with E-state index in [1.165, 1.54) is 0 Å². The minimum absolute atomic E-state index is 0.108. The second-order valence-corrected chi connectivity index (χ2v) is 4.94. The molecule has 0 aliphatic rings. The van der Waals surface area contributed by atoms with E-state index >= 15 is 0 Å². The molecule has 0 amide bonds. The average molecular weight is 262 g/mol. The van der Waals surface area contributed by atoms with Crippen molar-refractivity contribution in [1.29, 1.82) is 0 Å². The first-order valence-corrected chi connectivity index (χ1v) is 6.54. The van der Waals surface area contributed by atoms with E-state index in [2.05, 4.69) is 6.92 Å². The van der Waals surface area contributed by atoms with Crippen molar-refractivity contribution >= 4 is 5.97 Å². The molecule has 5 heteroatoms. The first-order chi connectivity index (χ1) is 8.55. The standard InChI is InChI=1S/C13H26O5/c1-3-4-5-11(2)12(17)18-7-6-13(8-14,9-15)10-16/h11,14-16H,3-10H2,1-2H3. The molecule has 0 saturated heterocycles. The highest BCUT2D eigenvalue weighted by Crippen LogP contribution is 2.20. The maximum Gasteiger partial charge on any atom is 0.308 e. The fourth-order valence-corrected chi connectivity index (χ4v) is 1.53. The highest BCUT2D eigenvalue weighted by Gasteiger charge is 2.28. The van der Waals surface area contributed by atoms with Crippen molar-refractivity contribution in [2.24, 2.45) is 11.3 Å². The Bertz CT molecular complexity index is 217. The Morgan fingerprint density at radius 3 is 2.22 bits per heavy atom. The van der Waals surface area contributed by atoms with Crippen molar-refractivity contribution in [3.8, 4) is 0 Å². The highest BCUT2D eigenvalue weighted by molar-refractivity contribution is 5.71. The summed E-state index contributed by atoms with van der Waals surface area (Å²) in [6.07, 6.45) is 3.09. The molecule has 108 valence electrons. The Kier molecular flexibility index (Phi) is 8.97. The van der Waals surface area contributed by atoms with E-state index in [-0.39, 0.29) is 44.7 Å². The van der Waals surface area contributed by atoms with Crippen LogP contribution in [0.4, 0.5) is 0 Å². The molecule has 0 radical (unpaired) electrons. The van der Waals surface area contributed by atoms with Gasteiger partial charge in [0.25, 0.3) is 0 Å². The van der Waals surface area contributed by atoms with Crippen molar-refractivity contribution in [3.05, 3.63) is 0 Å². The van der Waals surface area contributed by atoms with Crippen LogP contribution in [-0.4, -0.2) is 47.7 Å². The van der Waals surface area contributed by atoms with E-state index in [1.54, 1.807) is 0 Å². The Balaban J connectivity index is 3.98. The molecule has 0 rings (SSSR count). The van der Waals surface area contributed by atoms with Gasteiger partial charge in [-0.25, -0.2) is 0 Å². The van der Waals surface area contributed by atoms with Crippen LogP contribution in [0.1, 0.15) is 39.5 Å². The minimum Gasteiger partial charge on any atom is -0.465 e. The summed E-state index contributed by atoms with van der Waals surface area (Å²) in [6, 6.07) is 0. The van der Waals surface area contributed by atoms with Crippen LogP contribution in [0, 0.1) is 11.3 Å². The normalized spacial score (nSPS) is 13.4. The summed E-state index contributed by atoms with van der Waals surface area (Å²) in [7, 11) is 0. The average Bonchev–Trinajstić information content (AvgIpc) is 2.41. The van der Waals surface area contributed by atoms with Gasteiger partial charge in [-0.15, -0.1) is 0 Å². The monoisotopic (exact) mass is 262 g/mol. The summed E-state index contributed by atoms with van der Waals surface area (Å²) in [6.45, 7) is 3.01. The molecule has 0 saturated carbocycles. The maximum absolute atomic E-state index is 11.6. The molecule has 3 N–H and O–H groups in total. The predicted molar refractivity (Wildman–Crippen MR) is 68.0 cm³/mol. The molecule has 1 unspecified atom stereocenters. The number of carbonyl (C=O) groups excluding carboxylic acids is 1. The molecule has 1 atom stereocenters. The first-order valence-electron chi connectivity index (χ1n) is 6.54. The number of ether oxygens (including phenoxy) is 1. The van der Waals surface area contributed by atoms with Crippen molar-refractivity contribution in [1.82, 2.24) is 0 Å². The fraction of sp³-hybridized carbons (Fsp3) is 0.923. The topological polar surface area (TPSA) is 87.0 Å². The van der Waals surface area contributed by atoms with Crippen LogP contribution in [0.3, 0.4) is 0 Å². The van der Waals surface area contributed by atoms with Gasteiger partial charge >= 0.3 is 5.97 Å². The molecular weight excluding hydrogens is 236 g/mol. The van der Waals surface area contributed by atoms with Crippen LogP contribution in [0.2, 0.25) is 0 Å². The Morgan fingerprint density at radius 2 is 1.78 bits per heavy atom. The van der Waals surface area contributed by atoms with Crippen molar-refractivity contribution < 1.29 is 24.9 Å². The molecule has 0 bridgehead atoms. The van der Waals surface area contributed by atoms with E-state index in [4.69, 9.17) is 20.1 Å². The lowest BCUT2D eigenvalue weighted by Gasteiger charge is -2.27. The number of hydrogen-bond acceptors (Lipinski definition) is 5. The van der Waals surface area contributed by atoms with Gasteiger partial charge in [0.05, 0.1) is 32.3 Å². The third-order valence-electron chi connectivity index (χ3n) is 3.28. The summed E-state index contributed by atoms with van der Waals surface area (Å²) in [5, 5.41) is 27.3. The zero-order chi connectivity index (χ0) is 14.0. The lowest BCUT2D eigenvalue weighted by molar-refractivity contribution is -0.150. The minimum atomic E-state index is -0.965. The van der Waals surface area contributed by atoms with Gasteiger partial charge in [0.2, 0.25) is 0 Å². The van der Waals surface area contributed by atoms with Crippen LogP contribution in [0.5, 0.6) is 0 Å². The van der Waals surface area contributed by atoms with Gasteiger partial charge in [0, 0.05) is 5.41 Å². The molecule has 0 spiro atoms. The molecule has 0 aliphatic heterocycles. The van der Waals surface area contributed by atoms with Gasteiger partial charge in [-0.2, -0.15) is 0 Å². The zero-order valence-corrected chi connectivity index (χ0v) is 11.4.